The third-order valence-electron chi connectivity index (χ3n) is 7.77. The number of fused-ring (bicyclic) bond motifs is 2. The van der Waals surface area contributed by atoms with Crippen molar-refractivity contribution >= 4 is 17.6 Å². The molecule has 1 saturated carbocycles. The van der Waals surface area contributed by atoms with Gasteiger partial charge in [-0.15, -0.1) is 0 Å². The van der Waals surface area contributed by atoms with Gasteiger partial charge in [-0.25, -0.2) is 4.39 Å². The van der Waals surface area contributed by atoms with Crippen LogP contribution in [0.2, 0.25) is 0 Å². The van der Waals surface area contributed by atoms with Crippen molar-refractivity contribution in [1.82, 2.24) is 4.90 Å². The summed E-state index contributed by atoms with van der Waals surface area (Å²) in [6, 6.07) is 5.22. The molecule has 4 rings (SSSR count). The van der Waals surface area contributed by atoms with Crippen LogP contribution in [0.5, 0.6) is 0 Å². The fourth-order valence-corrected chi connectivity index (χ4v) is 6.43. The van der Waals surface area contributed by atoms with Crippen molar-refractivity contribution in [1.29, 1.82) is 0 Å². The Hall–Kier alpha value is -2.89. The van der Waals surface area contributed by atoms with Crippen molar-refractivity contribution in [2.75, 3.05) is 11.4 Å². The predicted octanol–water partition coefficient (Wildman–Crippen LogP) is 5.79. The van der Waals surface area contributed by atoms with E-state index < -0.39 is 5.97 Å². The number of anilines is 1. The second-order valence-corrected chi connectivity index (χ2v) is 9.72. The first-order valence-corrected chi connectivity index (χ1v) is 12.5. The van der Waals surface area contributed by atoms with Crippen LogP contribution in [-0.2, 0) is 9.59 Å². The van der Waals surface area contributed by atoms with Gasteiger partial charge < -0.3 is 14.9 Å². The van der Waals surface area contributed by atoms with Crippen molar-refractivity contribution in [2.24, 2.45) is 5.92 Å². The summed E-state index contributed by atoms with van der Waals surface area (Å²) in [5.74, 6) is -1.14. The summed E-state index contributed by atoms with van der Waals surface area (Å²) in [4.78, 5) is 28.7. The molecule has 1 aromatic rings. The first kappa shape index (κ1) is 24.2. The van der Waals surface area contributed by atoms with Gasteiger partial charge >= 0.3 is 5.97 Å². The summed E-state index contributed by atoms with van der Waals surface area (Å²) in [5, 5.41) is 9.13. The van der Waals surface area contributed by atoms with E-state index in [1.54, 1.807) is 6.07 Å². The Morgan fingerprint density at radius 3 is 2.50 bits per heavy atom. The number of amides is 1. The fourth-order valence-electron chi connectivity index (χ4n) is 6.43. The Kier molecular flexibility index (Phi) is 7.24. The number of carbonyl (C=O) groups is 2. The minimum Gasteiger partial charge on any atom is -0.481 e. The van der Waals surface area contributed by atoms with Crippen LogP contribution >= 0.6 is 0 Å². The Bertz CT molecular complexity index is 997. The second kappa shape index (κ2) is 10.2. The van der Waals surface area contributed by atoms with E-state index in [0.717, 1.165) is 49.8 Å². The van der Waals surface area contributed by atoms with Crippen LogP contribution in [0.25, 0.3) is 0 Å². The number of nitrogens with zero attached hydrogens (tertiary/aromatic N) is 2. The second-order valence-electron chi connectivity index (χ2n) is 9.72. The number of aliphatic carboxylic acids is 1. The molecule has 1 N–H and O–H groups in total. The molecule has 3 atom stereocenters. The predicted molar refractivity (Wildman–Crippen MR) is 132 cm³/mol. The molecule has 0 bridgehead atoms. The van der Waals surface area contributed by atoms with Gasteiger partial charge in [-0.3, -0.25) is 9.59 Å². The third-order valence-corrected chi connectivity index (χ3v) is 7.77. The molecular weight excluding hydrogens is 431 g/mol. The van der Waals surface area contributed by atoms with Crippen LogP contribution in [0.1, 0.15) is 69.9 Å². The Morgan fingerprint density at radius 2 is 1.88 bits per heavy atom. The van der Waals surface area contributed by atoms with Crippen molar-refractivity contribution in [3.05, 3.63) is 66.0 Å². The molecule has 3 unspecified atom stereocenters. The molecule has 0 saturated heterocycles. The van der Waals surface area contributed by atoms with E-state index in [0.29, 0.717) is 6.54 Å². The first-order chi connectivity index (χ1) is 16.4. The van der Waals surface area contributed by atoms with Gasteiger partial charge in [-0.05, 0) is 60.9 Å². The first-order valence-electron chi connectivity index (χ1n) is 12.5. The zero-order valence-electron chi connectivity index (χ0n) is 20.0. The van der Waals surface area contributed by atoms with Crippen LogP contribution in [0.4, 0.5) is 10.1 Å². The van der Waals surface area contributed by atoms with Crippen molar-refractivity contribution in [2.45, 2.75) is 76.4 Å². The Labute approximate surface area is 201 Å². The number of carboxylic acids is 1. The minimum atomic E-state index is -0.967. The van der Waals surface area contributed by atoms with E-state index in [4.69, 9.17) is 5.11 Å². The number of carboxylic acid groups (broad SMARTS) is 1. The van der Waals surface area contributed by atoms with Crippen LogP contribution < -0.4 is 4.90 Å². The molecule has 1 heterocycles. The van der Waals surface area contributed by atoms with Crippen LogP contribution in [0.15, 0.2) is 54.7 Å². The van der Waals surface area contributed by atoms with Crippen LogP contribution in [-0.4, -0.2) is 40.5 Å². The maximum atomic E-state index is 14.6. The number of rotatable bonds is 9. The third kappa shape index (κ3) is 4.42. The van der Waals surface area contributed by atoms with E-state index in [9.17, 15) is 14.0 Å². The zero-order chi connectivity index (χ0) is 24.4. The molecular formula is C28H35FN2O3. The van der Waals surface area contributed by atoms with E-state index >= 15 is 0 Å². The number of allylic oxidation sites excluding steroid dienone is 2. The van der Waals surface area contributed by atoms with Crippen molar-refractivity contribution in [3.8, 4) is 0 Å². The van der Waals surface area contributed by atoms with Crippen LogP contribution in [0, 0.1) is 11.7 Å². The summed E-state index contributed by atoms with van der Waals surface area (Å²) in [5.41, 5.74) is 4.25. The highest BCUT2D eigenvalue weighted by Gasteiger charge is 2.49. The van der Waals surface area contributed by atoms with Gasteiger partial charge in [0.15, 0.2) is 0 Å². The van der Waals surface area contributed by atoms with Gasteiger partial charge in [-0.2, -0.15) is 0 Å². The molecule has 34 heavy (non-hydrogen) atoms. The molecule has 0 spiro atoms. The number of halogens is 1. The standard InChI is InChI=1S/C28H35FN2O3/c1-4-14-30(26(32)12-13-27(33)34)28-22-8-7-9-24(22)31(25-17-20(29)10-11-23(25)28)21-15-18(5-2)19(6-3)16-21/h5-6,10-11,17,21-22,24,28H,2-4,7-9,12-16H2,1H3,(H,33,34). The molecule has 5 nitrogen and oxygen atoms in total. The smallest absolute Gasteiger partial charge is 0.303 e. The molecule has 1 amide bonds. The number of hydrogen-bond donors (Lipinski definition) is 1. The lowest BCUT2D eigenvalue weighted by atomic mass is 9.80. The topological polar surface area (TPSA) is 60.9 Å². The lowest BCUT2D eigenvalue weighted by molar-refractivity contribution is -0.142. The average molecular weight is 467 g/mol. The fraction of sp³-hybridized carbons (Fsp3) is 0.500. The highest BCUT2D eigenvalue weighted by molar-refractivity contribution is 5.81. The summed E-state index contributed by atoms with van der Waals surface area (Å²) in [6.07, 6.45) is 9.18. The van der Waals surface area contributed by atoms with E-state index in [1.165, 1.54) is 17.2 Å². The SMILES string of the molecule is C=CC1=C(C=C)CC(N2c3cc(F)ccc3C(N(CCC)C(=O)CCC(=O)O)C3CCCC32)C1. The van der Waals surface area contributed by atoms with Gasteiger partial charge in [0.25, 0.3) is 0 Å². The monoisotopic (exact) mass is 466 g/mol. The number of hydrogen-bond acceptors (Lipinski definition) is 3. The van der Waals surface area contributed by atoms with Gasteiger partial charge in [-0.1, -0.05) is 44.7 Å². The molecule has 0 radical (unpaired) electrons. The van der Waals surface area contributed by atoms with Gasteiger partial charge in [0.2, 0.25) is 5.91 Å². The average Bonchev–Trinajstić information content (AvgIpc) is 3.46. The molecule has 2 aliphatic carbocycles. The molecule has 1 fully saturated rings. The molecule has 1 aliphatic heterocycles. The van der Waals surface area contributed by atoms with Crippen molar-refractivity contribution in [3.63, 3.8) is 0 Å². The van der Waals surface area contributed by atoms with E-state index in [1.807, 2.05) is 30.0 Å². The molecule has 182 valence electrons. The maximum absolute atomic E-state index is 14.6. The number of carbonyl (C=O) groups excluding carboxylic acids is 1. The Morgan fingerprint density at radius 1 is 1.18 bits per heavy atom. The summed E-state index contributed by atoms with van der Waals surface area (Å²) in [7, 11) is 0. The largest absolute Gasteiger partial charge is 0.481 e. The lowest BCUT2D eigenvalue weighted by Gasteiger charge is -2.51. The van der Waals surface area contributed by atoms with E-state index in [2.05, 4.69) is 18.1 Å². The van der Waals surface area contributed by atoms with Crippen molar-refractivity contribution < 1.29 is 19.1 Å². The van der Waals surface area contributed by atoms with Gasteiger partial charge in [0, 0.05) is 36.7 Å². The minimum absolute atomic E-state index is 0.0125. The lowest BCUT2D eigenvalue weighted by Crippen LogP contribution is -2.53. The highest BCUT2D eigenvalue weighted by Crippen LogP contribution is 2.53. The summed E-state index contributed by atoms with van der Waals surface area (Å²) < 4.78 is 14.6. The zero-order valence-corrected chi connectivity index (χ0v) is 20.0. The van der Waals surface area contributed by atoms with Crippen LogP contribution in [0.3, 0.4) is 0 Å². The maximum Gasteiger partial charge on any atom is 0.303 e. The Balaban J connectivity index is 1.76. The molecule has 0 aromatic heterocycles. The molecule has 3 aliphatic rings. The normalized spacial score (nSPS) is 24.1. The highest BCUT2D eigenvalue weighted by atomic mass is 19.1. The van der Waals surface area contributed by atoms with Gasteiger partial charge in [0.1, 0.15) is 5.82 Å². The molecule has 6 heteroatoms. The summed E-state index contributed by atoms with van der Waals surface area (Å²) >= 11 is 0. The quantitative estimate of drug-likeness (QED) is 0.500. The van der Waals surface area contributed by atoms with Gasteiger partial charge in [0.05, 0.1) is 12.5 Å². The molecule has 1 aromatic carbocycles. The van der Waals surface area contributed by atoms with E-state index in [-0.39, 0.29) is 48.6 Å². The number of benzene rings is 1. The summed E-state index contributed by atoms with van der Waals surface area (Å²) in [6.45, 7) is 10.6.